The van der Waals surface area contributed by atoms with Gasteiger partial charge in [0.25, 0.3) is 0 Å². The summed E-state index contributed by atoms with van der Waals surface area (Å²) in [5.41, 5.74) is 0.778. The van der Waals surface area contributed by atoms with Gasteiger partial charge in [0, 0.05) is 11.8 Å². The molecule has 0 aromatic carbocycles. The molecule has 3 saturated carbocycles. The van der Waals surface area contributed by atoms with Crippen molar-refractivity contribution in [3.05, 3.63) is 12.2 Å². The maximum absolute atomic E-state index is 11.4. The van der Waals surface area contributed by atoms with Gasteiger partial charge in [0.05, 0.1) is 6.10 Å². The average molecular weight is 166 g/mol. The second-order valence-electron chi connectivity index (χ2n) is 4.54. The lowest BCUT2D eigenvalue weighted by Crippen LogP contribution is -2.61. The standard InChI is InChI=1S/C10H14O2/c1-5-7(11)4-6-9(12)8(5)10(6,2)3/h6-8,11H,1,4H2,2-3H3/t6-,7-,8+/m0/s1. The molecule has 2 bridgehead atoms. The van der Waals surface area contributed by atoms with E-state index in [0.717, 1.165) is 5.57 Å². The van der Waals surface area contributed by atoms with Crippen molar-refractivity contribution in [3.63, 3.8) is 0 Å². The van der Waals surface area contributed by atoms with Crippen LogP contribution in [0.15, 0.2) is 12.2 Å². The number of ketones is 1. The fourth-order valence-corrected chi connectivity index (χ4v) is 2.69. The predicted octanol–water partition coefficient (Wildman–Crippen LogP) is 1.15. The molecule has 0 radical (unpaired) electrons. The average Bonchev–Trinajstić information content (AvgIpc) is 1.96. The Morgan fingerprint density at radius 2 is 2.17 bits per heavy atom. The van der Waals surface area contributed by atoms with Gasteiger partial charge in [-0.15, -0.1) is 0 Å². The minimum atomic E-state index is -0.439. The summed E-state index contributed by atoms with van der Waals surface area (Å²) in [5.74, 6) is 0.282. The lowest BCUT2D eigenvalue weighted by atomic mass is 9.46. The van der Waals surface area contributed by atoms with Gasteiger partial charge in [0.15, 0.2) is 0 Å². The third-order valence-corrected chi connectivity index (χ3v) is 3.53. The molecule has 0 unspecified atom stereocenters. The summed E-state index contributed by atoms with van der Waals surface area (Å²) < 4.78 is 0. The fourth-order valence-electron chi connectivity index (χ4n) is 2.69. The Kier molecular flexibility index (Phi) is 1.33. The molecule has 3 aliphatic rings. The molecule has 3 fully saturated rings. The van der Waals surface area contributed by atoms with Crippen molar-refractivity contribution < 1.29 is 9.90 Å². The molecule has 0 aliphatic heterocycles. The topological polar surface area (TPSA) is 37.3 Å². The molecule has 0 amide bonds. The van der Waals surface area contributed by atoms with Crippen LogP contribution in [0.5, 0.6) is 0 Å². The van der Waals surface area contributed by atoms with Gasteiger partial charge in [-0.25, -0.2) is 0 Å². The number of carbonyl (C=O) groups excluding carboxylic acids is 1. The molecule has 66 valence electrons. The van der Waals surface area contributed by atoms with Crippen LogP contribution in [-0.4, -0.2) is 17.0 Å². The second-order valence-corrected chi connectivity index (χ2v) is 4.54. The van der Waals surface area contributed by atoms with E-state index < -0.39 is 6.10 Å². The SMILES string of the molecule is C=C1[C@@H]2C(=O)[C@H](C[C@@H]1O)C2(C)C. The molecule has 0 aromatic rings. The molecular formula is C10H14O2. The zero-order chi connectivity index (χ0) is 9.09. The van der Waals surface area contributed by atoms with Gasteiger partial charge in [-0.1, -0.05) is 20.4 Å². The molecule has 0 heterocycles. The van der Waals surface area contributed by atoms with E-state index in [9.17, 15) is 9.90 Å². The molecule has 1 N–H and O–H groups in total. The van der Waals surface area contributed by atoms with Crippen LogP contribution in [0.2, 0.25) is 0 Å². The molecule has 0 aromatic heterocycles. The summed E-state index contributed by atoms with van der Waals surface area (Å²) in [6, 6.07) is 0. The van der Waals surface area contributed by atoms with Crippen molar-refractivity contribution in [1.29, 1.82) is 0 Å². The van der Waals surface area contributed by atoms with Crippen LogP contribution >= 0.6 is 0 Å². The lowest BCUT2D eigenvalue weighted by molar-refractivity contribution is -0.158. The van der Waals surface area contributed by atoms with Crippen molar-refractivity contribution in [2.45, 2.75) is 26.4 Å². The van der Waals surface area contributed by atoms with Crippen LogP contribution in [0, 0.1) is 17.3 Å². The Hall–Kier alpha value is -0.630. The van der Waals surface area contributed by atoms with E-state index in [4.69, 9.17) is 0 Å². The molecule has 3 aliphatic carbocycles. The quantitative estimate of drug-likeness (QED) is 0.548. The lowest BCUT2D eigenvalue weighted by Gasteiger charge is -2.56. The predicted molar refractivity (Wildman–Crippen MR) is 45.5 cm³/mol. The Labute approximate surface area is 72.3 Å². The maximum atomic E-state index is 11.4. The first-order valence-corrected chi connectivity index (χ1v) is 4.36. The summed E-state index contributed by atoms with van der Waals surface area (Å²) in [7, 11) is 0. The van der Waals surface area contributed by atoms with E-state index >= 15 is 0 Å². The van der Waals surface area contributed by atoms with Gasteiger partial charge >= 0.3 is 0 Å². The van der Waals surface area contributed by atoms with E-state index in [0.29, 0.717) is 6.42 Å². The highest BCUT2D eigenvalue weighted by Crippen LogP contribution is 2.58. The Morgan fingerprint density at radius 3 is 2.50 bits per heavy atom. The number of aliphatic hydroxyl groups excluding tert-OH is 1. The smallest absolute Gasteiger partial charge is 0.144 e. The van der Waals surface area contributed by atoms with Crippen molar-refractivity contribution in [2.24, 2.45) is 17.3 Å². The van der Waals surface area contributed by atoms with Gasteiger partial charge in [0.1, 0.15) is 5.78 Å². The van der Waals surface area contributed by atoms with Crippen molar-refractivity contribution in [2.75, 3.05) is 0 Å². The summed E-state index contributed by atoms with van der Waals surface area (Å²) >= 11 is 0. The first kappa shape index (κ1) is 7.99. The van der Waals surface area contributed by atoms with Crippen LogP contribution in [0.4, 0.5) is 0 Å². The Balaban J connectivity index is 2.35. The molecule has 12 heavy (non-hydrogen) atoms. The highest BCUT2D eigenvalue weighted by molar-refractivity contribution is 5.95. The van der Waals surface area contributed by atoms with Crippen LogP contribution in [-0.2, 0) is 4.79 Å². The largest absolute Gasteiger partial charge is 0.389 e. The number of aliphatic hydroxyl groups is 1. The van der Waals surface area contributed by atoms with E-state index in [1.54, 1.807) is 0 Å². The highest BCUT2D eigenvalue weighted by atomic mass is 16.3. The molecular weight excluding hydrogens is 152 g/mol. The van der Waals surface area contributed by atoms with Gasteiger partial charge < -0.3 is 5.11 Å². The number of fused-ring (bicyclic) bond motifs is 2. The summed E-state index contributed by atoms with van der Waals surface area (Å²) in [4.78, 5) is 11.4. The van der Waals surface area contributed by atoms with E-state index in [-0.39, 0.29) is 23.0 Å². The normalized spacial score (nSPS) is 44.1. The van der Waals surface area contributed by atoms with E-state index in [2.05, 4.69) is 20.4 Å². The molecule has 0 saturated heterocycles. The van der Waals surface area contributed by atoms with Crippen molar-refractivity contribution in [1.82, 2.24) is 0 Å². The first-order valence-electron chi connectivity index (χ1n) is 4.36. The van der Waals surface area contributed by atoms with Crippen LogP contribution in [0.1, 0.15) is 20.3 Å². The van der Waals surface area contributed by atoms with Gasteiger partial charge in [-0.05, 0) is 17.4 Å². The highest BCUT2D eigenvalue weighted by Gasteiger charge is 2.61. The molecule has 0 spiro atoms. The minimum absolute atomic E-state index is 0.0490. The van der Waals surface area contributed by atoms with Gasteiger partial charge in [0.2, 0.25) is 0 Å². The fraction of sp³-hybridized carbons (Fsp3) is 0.700. The number of carbonyl (C=O) groups is 1. The van der Waals surface area contributed by atoms with Gasteiger partial charge in [-0.2, -0.15) is 0 Å². The minimum Gasteiger partial charge on any atom is -0.389 e. The number of rotatable bonds is 0. The third kappa shape index (κ3) is 0.667. The summed E-state index contributed by atoms with van der Waals surface area (Å²) in [6.45, 7) is 7.96. The third-order valence-electron chi connectivity index (χ3n) is 3.53. The van der Waals surface area contributed by atoms with Gasteiger partial charge in [-0.3, -0.25) is 4.79 Å². The summed E-state index contributed by atoms with van der Waals surface area (Å²) in [6.07, 6.45) is 0.145. The molecule has 3 atom stereocenters. The number of hydrogen-bond acceptors (Lipinski definition) is 2. The number of hydrogen-bond donors (Lipinski definition) is 1. The molecule has 2 heteroatoms. The first-order chi connectivity index (χ1) is 5.46. The monoisotopic (exact) mass is 166 g/mol. The molecule has 2 nitrogen and oxygen atoms in total. The maximum Gasteiger partial charge on any atom is 0.144 e. The zero-order valence-electron chi connectivity index (χ0n) is 7.50. The summed E-state index contributed by atoms with van der Waals surface area (Å²) in [5, 5.41) is 9.48. The van der Waals surface area contributed by atoms with E-state index in [1.807, 2.05) is 0 Å². The Bertz CT molecular complexity index is 265. The molecule has 3 rings (SSSR count). The van der Waals surface area contributed by atoms with Crippen LogP contribution < -0.4 is 0 Å². The second kappa shape index (κ2) is 1.99. The van der Waals surface area contributed by atoms with Crippen molar-refractivity contribution >= 4 is 5.78 Å². The van der Waals surface area contributed by atoms with Crippen molar-refractivity contribution in [3.8, 4) is 0 Å². The van der Waals surface area contributed by atoms with Crippen LogP contribution in [0.25, 0.3) is 0 Å². The Morgan fingerprint density at radius 1 is 1.58 bits per heavy atom. The van der Waals surface area contributed by atoms with E-state index in [1.165, 1.54) is 0 Å². The zero-order valence-corrected chi connectivity index (χ0v) is 7.50. The number of Topliss-reactive ketones (excluding diaryl/α,β-unsaturated/α-hetero) is 1. The van der Waals surface area contributed by atoms with Crippen LogP contribution in [0.3, 0.4) is 0 Å².